The summed E-state index contributed by atoms with van der Waals surface area (Å²) >= 11 is 0. The highest BCUT2D eigenvalue weighted by atomic mass is 19.4. The third-order valence-corrected chi connectivity index (χ3v) is 5.51. The summed E-state index contributed by atoms with van der Waals surface area (Å²) in [5.74, 6) is 0.737. The van der Waals surface area contributed by atoms with Crippen molar-refractivity contribution in [3.63, 3.8) is 0 Å². The van der Waals surface area contributed by atoms with Gasteiger partial charge in [-0.3, -0.25) is 14.5 Å². The number of anilines is 1. The predicted octanol–water partition coefficient (Wildman–Crippen LogP) is 4.29. The first kappa shape index (κ1) is 24.9. The minimum absolute atomic E-state index is 0.229. The van der Waals surface area contributed by atoms with Gasteiger partial charge in [-0.1, -0.05) is 37.8 Å². The highest BCUT2D eigenvalue weighted by Crippen LogP contribution is 2.36. The lowest BCUT2D eigenvalue weighted by Gasteiger charge is -2.27. The van der Waals surface area contributed by atoms with Crippen LogP contribution >= 0.6 is 0 Å². The number of carbonyl (C=O) groups is 2. The van der Waals surface area contributed by atoms with E-state index in [-0.39, 0.29) is 24.0 Å². The molecule has 0 atom stereocenters. The number of nitrogens with zero attached hydrogens (tertiary/aromatic N) is 5. The molecule has 0 bridgehead atoms. The quantitative estimate of drug-likeness (QED) is 0.586. The van der Waals surface area contributed by atoms with Crippen LogP contribution in [0.1, 0.15) is 37.1 Å². The highest BCUT2D eigenvalue weighted by Gasteiger charge is 2.39. The number of hydrogen-bond donors (Lipinski definition) is 0. The Balaban J connectivity index is 0.000000732. The maximum Gasteiger partial charge on any atom is 0.418 e. The third-order valence-electron chi connectivity index (χ3n) is 5.51. The van der Waals surface area contributed by atoms with Gasteiger partial charge < -0.3 is 9.47 Å². The molecule has 1 aromatic heterocycles. The lowest BCUT2D eigenvalue weighted by molar-refractivity contribution is -0.115. The number of halogens is 3. The molecule has 4 rings (SSSR count). The van der Waals surface area contributed by atoms with Crippen LogP contribution in [0.3, 0.4) is 0 Å². The topological polar surface area (TPSA) is 71.3 Å². The van der Waals surface area contributed by atoms with Gasteiger partial charge >= 0.3 is 6.18 Å². The number of aldehydes is 1. The van der Waals surface area contributed by atoms with E-state index in [1.807, 2.05) is 19.2 Å². The molecule has 0 spiro atoms. The Morgan fingerprint density at radius 2 is 1.85 bits per heavy atom. The maximum absolute atomic E-state index is 13.5. The summed E-state index contributed by atoms with van der Waals surface area (Å²) < 4.78 is 42.4. The molecule has 7 nitrogen and oxygen atoms in total. The first-order chi connectivity index (χ1) is 16.2. The molecule has 0 radical (unpaired) electrons. The number of carbonyl (C=O) groups excluding carboxylic acids is 2. The van der Waals surface area contributed by atoms with E-state index >= 15 is 0 Å². The molecule has 1 amide bonds. The standard InChI is InChI=1S/C20H18F3N5O2.C4H8/c1-26(16-5-3-4-14(6-16)8-19-25-24-12-27(19)2)10-18-17(20(21,22)23)7-15(11-29)9-28(18)13-30;1-2-4-3-1/h3-7,9-13H,8H2,1-2H3;1-4H2/b18-10-;. The molecule has 2 aliphatic rings. The van der Waals surface area contributed by atoms with Crippen molar-refractivity contribution < 1.29 is 22.8 Å². The zero-order valence-corrected chi connectivity index (χ0v) is 19.0. The number of aromatic nitrogens is 3. The molecule has 0 saturated heterocycles. The Labute approximate surface area is 195 Å². The number of rotatable bonds is 6. The van der Waals surface area contributed by atoms with E-state index in [0.717, 1.165) is 28.6 Å². The van der Waals surface area contributed by atoms with Crippen LogP contribution in [0.5, 0.6) is 0 Å². The Kier molecular flexibility index (Phi) is 8.04. The minimum Gasteiger partial charge on any atom is -0.349 e. The summed E-state index contributed by atoms with van der Waals surface area (Å²) in [6.07, 6.45) is 6.80. The maximum atomic E-state index is 13.5. The van der Waals surface area contributed by atoms with Crippen molar-refractivity contribution in [1.29, 1.82) is 0 Å². The van der Waals surface area contributed by atoms with Gasteiger partial charge in [-0.25, -0.2) is 0 Å². The molecule has 0 N–H and O–H groups in total. The fourth-order valence-corrected chi connectivity index (χ4v) is 3.21. The highest BCUT2D eigenvalue weighted by molar-refractivity contribution is 5.81. The SMILES string of the molecule is C1CCC1.CN(/C=C1/C(C(F)(F)F)=CC(C=O)=CN1C=O)c1cccc(Cc2nncn2C)c1. The van der Waals surface area contributed by atoms with Crippen molar-refractivity contribution in [2.45, 2.75) is 38.3 Å². The number of benzene rings is 1. The van der Waals surface area contributed by atoms with E-state index in [2.05, 4.69) is 10.2 Å². The molecule has 2 heterocycles. The second-order valence-electron chi connectivity index (χ2n) is 8.06. The molecule has 2 aromatic rings. The molecule has 180 valence electrons. The van der Waals surface area contributed by atoms with Gasteiger partial charge in [0.05, 0.1) is 11.3 Å². The van der Waals surface area contributed by atoms with E-state index in [1.165, 1.54) is 36.8 Å². The third kappa shape index (κ3) is 6.21. The summed E-state index contributed by atoms with van der Waals surface area (Å²) in [4.78, 5) is 24.6. The predicted molar refractivity (Wildman–Crippen MR) is 121 cm³/mol. The molecule has 1 aliphatic carbocycles. The number of alkyl halides is 3. The monoisotopic (exact) mass is 473 g/mol. The summed E-state index contributed by atoms with van der Waals surface area (Å²) in [7, 11) is 3.39. The fraction of sp³-hybridized carbons (Fsp3) is 0.333. The molecule has 34 heavy (non-hydrogen) atoms. The molecule has 1 saturated carbocycles. The van der Waals surface area contributed by atoms with Crippen molar-refractivity contribution in [1.82, 2.24) is 19.7 Å². The second-order valence-corrected chi connectivity index (χ2v) is 8.06. The van der Waals surface area contributed by atoms with Gasteiger partial charge in [0, 0.05) is 44.2 Å². The molecule has 0 unspecified atom stereocenters. The molecule has 1 aromatic carbocycles. The van der Waals surface area contributed by atoms with Crippen molar-refractivity contribution in [3.05, 3.63) is 77.3 Å². The van der Waals surface area contributed by atoms with Gasteiger partial charge in [0.15, 0.2) is 6.29 Å². The second kappa shape index (κ2) is 11.0. The number of amides is 1. The molecule has 1 aliphatic heterocycles. The first-order valence-corrected chi connectivity index (χ1v) is 10.8. The molecule has 1 fully saturated rings. The zero-order chi connectivity index (χ0) is 24.7. The van der Waals surface area contributed by atoms with Crippen LogP contribution < -0.4 is 4.90 Å². The van der Waals surface area contributed by atoms with Crippen LogP contribution in [-0.2, 0) is 23.1 Å². The van der Waals surface area contributed by atoms with E-state index < -0.39 is 11.7 Å². The van der Waals surface area contributed by atoms with Crippen LogP contribution in [0.15, 0.2) is 65.9 Å². The van der Waals surface area contributed by atoms with Gasteiger partial charge in [-0.15, -0.1) is 10.2 Å². The minimum atomic E-state index is -4.75. The summed E-state index contributed by atoms with van der Waals surface area (Å²) in [5.41, 5.74) is -0.218. The molecular weight excluding hydrogens is 447 g/mol. The summed E-state index contributed by atoms with van der Waals surface area (Å²) in [6, 6.07) is 7.19. The lowest BCUT2D eigenvalue weighted by atomic mass is 10.0. The Bertz CT molecular complexity index is 1110. The van der Waals surface area contributed by atoms with Crippen LogP contribution in [0.4, 0.5) is 18.9 Å². The van der Waals surface area contributed by atoms with Crippen LogP contribution in [0.2, 0.25) is 0 Å². The normalized spacial score (nSPS) is 16.6. The first-order valence-electron chi connectivity index (χ1n) is 10.8. The fourth-order valence-electron chi connectivity index (χ4n) is 3.21. The van der Waals surface area contributed by atoms with Gasteiger partial charge in [0.1, 0.15) is 12.2 Å². The van der Waals surface area contributed by atoms with Gasteiger partial charge in [0.2, 0.25) is 6.41 Å². The van der Waals surface area contributed by atoms with Crippen molar-refractivity contribution in [2.75, 3.05) is 11.9 Å². The molecule has 10 heteroatoms. The zero-order valence-electron chi connectivity index (χ0n) is 19.0. The smallest absolute Gasteiger partial charge is 0.349 e. The average molecular weight is 473 g/mol. The average Bonchev–Trinajstić information content (AvgIpc) is 3.16. The van der Waals surface area contributed by atoms with Crippen molar-refractivity contribution in [2.24, 2.45) is 7.05 Å². The van der Waals surface area contributed by atoms with Crippen LogP contribution in [0.25, 0.3) is 0 Å². The summed E-state index contributed by atoms with van der Waals surface area (Å²) in [5, 5.41) is 7.85. The number of allylic oxidation sites excluding steroid dienone is 3. The van der Waals surface area contributed by atoms with Crippen molar-refractivity contribution in [3.8, 4) is 0 Å². The van der Waals surface area contributed by atoms with E-state index in [9.17, 15) is 22.8 Å². The van der Waals surface area contributed by atoms with Crippen molar-refractivity contribution >= 4 is 18.4 Å². The van der Waals surface area contributed by atoms with Crippen LogP contribution in [-0.4, -0.2) is 45.6 Å². The Morgan fingerprint density at radius 3 is 2.38 bits per heavy atom. The van der Waals surface area contributed by atoms with Gasteiger partial charge in [-0.05, 0) is 23.8 Å². The van der Waals surface area contributed by atoms with Gasteiger partial charge in [-0.2, -0.15) is 13.2 Å². The Hall–Kier alpha value is -3.69. The van der Waals surface area contributed by atoms with E-state index in [0.29, 0.717) is 12.1 Å². The number of aryl methyl sites for hydroxylation is 1. The lowest BCUT2D eigenvalue weighted by Crippen LogP contribution is -2.29. The largest absolute Gasteiger partial charge is 0.418 e. The number of hydrogen-bond acceptors (Lipinski definition) is 5. The van der Waals surface area contributed by atoms with E-state index in [1.54, 1.807) is 30.1 Å². The van der Waals surface area contributed by atoms with Crippen LogP contribution in [0, 0.1) is 0 Å². The Morgan fingerprint density at radius 1 is 1.15 bits per heavy atom. The van der Waals surface area contributed by atoms with Gasteiger partial charge in [0.25, 0.3) is 0 Å². The molecular formula is C24H26F3N5O2. The van der Waals surface area contributed by atoms with E-state index in [4.69, 9.17) is 0 Å². The summed E-state index contributed by atoms with van der Waals surface area (Å²) in [6.45, 7) is 0.